The highest BCUT2D eigenvalue weighted by Gasteiger charge is 2.13. The van der Waals surface area contributed by atoms with Crippen molar-refractivity contribution in [1.82, 2.24) is 20.8 Å². The van der Waals surface area contributed by atoms with Crippen LogP contribution in [-0.4, -0.2) is 29.4 Å². The van der Waals surface area contributed by atoms with Crippen LogP contribution in [0.2, 0.25) is 0 Å². The highest BCUT2D eigenvalue weighted by molar-refractivity contribution is 5.74. The number of rotatable bonds is 7. The lowest BCUT2D eigenvalue weighted by atomic mass is 10.1. The Balaban J connectivity index is 1.95. The Bertz CT molecular complexity index is 656. The third kappa shape index (κ3) is 4.91. The van der Waals surface area contributed by atoms with Gasteiger partial charge in [0.05, 0.1) is 31.5 Å². The van der Waals surface area contributed by atoms with Crippen molar-refractivity contribution in [3.8, 4) is 11.5 Å². The number of hydrogen-bond acceptors (Lipinski definition) is 4. The van der Waals surface area contributed by atoms with Gasteiger partial charge in [0, 0.05) is 6.20 Å². The number of methoxy groups -OCH3 is 1. The molecule has 1 unspecified atom stereocenters. The van der Waals surface area contributed by atoms with Gasteiger partial charge in [-0.2, -0.15) is 5.10 Å². The number of amides is 2. The first kappa shape index (κ1) is 17.7. The fraction of sp³-hybridized carbons (Fsp3) is 0.412. The van der Waals surface area contributed by atoms with Crippen LogP contribution in [0.5, 0.6) is 11.5 Å². The number of nitrogens with one attached hydrogen (secondary N) is 3. The number of H-pyrrole nitrogens is 1. The second-order valence-corrected chi connectivity index (χ2v) is 5.71. The van der Waals surface area contributed by atoms with Crippen molar-refractivity contribution in [2.24, 2.45) is 0 Å². The van der Waals surface area contributed by atoms with Crippen molar-refractivity contribution >= 4 is 6.03 Å². The van der Waals surface area contributed by atoms with Crippen molar-refractivity contribution in [2.75, 3.05) is 7.11 Å². The van der Waals surface area contributed by atoms with E-state index < -0.39 is 0 Å². The average molecular weight is 332 g/mol. The van der Waals surface area contributed by atoms with Crippen LogP contribution in [0.1, 0.15) is 38.1 Å². The molecule has 7 heteroatoms. The number of carbonyl (C=O) groups is 1. The van der Waals surface area contributed by atoms with E-state index in [2.05, 4.69) is 20.8 Å². The lowest BCUT2D eigenvalue weighted by Gasteiger charge is -2.18. The van der Waals surface area contributed by atoms with Crippen molar-refractivity contribution in [1.29, 1.82) is 0 Å². The summed E-state index contributed by atoms with van der Waals surface area (Å²) >= 11 is 0. The predicted octanol–water partition coefficient (Wildman–Crippen LogP) is 2.77. The zero-order valence-corrected chi connectivity index (χ0v) is 14.4. The fourth-order valence-corrected chi connectivity index (χ4v) is 2.19. The predicted molar refractivity (Wildman–Crippen MR) is 91.1 cm³/mol. The molecule has 3 N–H and O–H groups in total. The molecule has 1 aromatic carbocycles. The summed E-state index contributed by atoms with van der Waals surface area (Å²) in [6.45, 7) is 6.22. The van der Waals surface area contributed by atoms with Crippen LogP contribution >= 0.6 is 0 Å². The second-order valence-electron chi connectivity index (χ2n) is 5.71. The Morgan fingerprint density at radius 3 is 2.67 bits per heavy atom. The summed E-state index contributed by atoms with van der Waals surface area (Å²) in [7, 11) is 1.60. The van der Waals surface area contributed by atoms with Crippen LogP contribution in [0.25, 0.3) is 0 Å². The second kappa shape index (κ2) is 8.24. The Hall–Kier alpha value is -2.70. The van der Waals surface area contributed by atoms with Crippen molar-refractivity contribution < 1.29 is 14.3 Å². The topological polar surface area (TPSA) is 88.3 Å². The van der Waals surface area contributed by atoms with Crippen LogP contribution in [-0.2, 0) is 6.54 Å². The zero-order chi connectivity index (χ0) is 17.5. The van der Waals surface area contributed by atoms with Crippen molar-refractivity contribution in [2.45, 2.75) is 39.5 Å². The summed E-state index contributed by atoms with van der Waals surface area (Å²) in [4.78, 5) is 12.0. The Morgan fingerprint density at radius 1 is 1.25 bits per heavy atom. The number of aromatic amines is 1. The molecule has 0 aliphatic heterocycles. The molecule has 1 aromatic heterocycles. The maximum Gasteiger partial charge on any atom is 0.315 e. The smallest absolute Gasteiger partial charge is 0.315 e. The summed E-state index contributed by atoms with van der Waals surface area (Å²) in [6, 6.07) is 7.03. The first-order valence-electron chi connectivity index (χ1n) is 7.86. The molecular weight excluding hydrogens is 308 g/mol. The van der Waals surface area contributed by atoms with E-state index in [1.807, 2.05) is 45.0 Å². The lowest BCUT2D eigenvalue weighted by molar-refractivity contribution is 0.230. The summed E-state index contributed by atoms with van der Waals surface area (Å²) in [5.41, 5.74) is 1.77. The Morgan fingerprint density at radius 2 is 2.04 bits per heavy atom. The number of ether oxygens (including phenoxy) is 2. The third-order valence-corrected chi connectivity index (χ3v) is 3.40. The molecule has 0 bridgehead atoms. The molecule has 1 heterocycles. The van der Waals surface area contributed by atoms with Gasteiger partial charge in [-0.3, -0.25) is 5.10 Å². The van der Waals surface area contributed by atoms with Gasteiger partial charge in [0.25, 0.3) is 0 Å². The Kier molecular flexibility index (Phi) is 6.06. The largest absolute Gasteiger partial charge is 0.493 e. The average Bonchev–Trinajstić information content (AvgIpc) is 3.06. The maximum atomic E-state index is 12.0. The molecule has 0 aliphatic carbocycles. The molecule has 0 fully saturated rings. The molecular formula is C17H24N4O3. The first-order valence-corrected chi connectivity index (χ1v) is 7.86. The van der Waals surface area contributed by atoms with Crippen LogP contribution in [0.3, 0.4) is 0 Å². The van der Waals surface area contributed by atoms with E-state index in [9.17, 15) is 4.79 Å². The van der Waals surface area contributed by atoms with E-state index in [-0.39, 0.29) is 18.2 Å². The fourth-order valence-electron chi connectivity index (χ4n) is 2.19. The summed E-state index contributed by atoms with van der Waals surface area (Å²) in [5, 5.41) is 12.3. The molecule has 2 rings (SSSR count). The molecule has 0 radical (unpaired) electrons. The maximum absolute atomic E-state index is 12.0. The van der Waals surface area contributed by atoms with Crippen molar-refractivity contribution in [3.63, 3.8) is 0 Å². The van der Waals surface area contributed by atoms with Gasteiger partial charge in [-0.15, -0.1) is 0 Å². The van der Waals surface area contributed by atoms with Gasteiger partial charge in [0.1, 0.15) is 0 Å². The minimum absolute atomic E-state index is 0.0635. The van der Waals surface area contributed by atoms with E-state index in [0.717, 1.165) is 11.3 Å². The van der Waals surface area contributed by atoms with Crippen molar-refractivity contribution in [3.05, 3.63) is 41.7 Å². The number of carbonyl (C=O) groups excluding carboxylic acids is 1. The zero-order valence-electron chi connectivity index (χ0n) is 14.4. The first-order chi connectivity index (χ1) is 11.5. The van der Waals surface area contributed by atoms with Gasteiger partial charge in [0.2, 0.25) is 0 Å². The van der Waals surface area contributed by atoms with Gasteiger partial charge in [-0.25, -0.2) is 4.79 Å². The van der Waals surface area contributed by atoms with Gasteiger partial charge in [-0.05, 0) is 44.5 Å². The molecule has 2 aromatic rings. The van der Waals surface area contributed by atoms with Gasteiger partial charge in [-0.1, -0.05) is 6.07 Å². The van der Waals surface area contributed by atoms with Crippen LogP contribution in [0, 0.1) is 0 Å². The SMILES string of the molecule is COc1cc(C(C)NC(=O)NCc2ccn[nH]2)ccc1OC(C)C. The molecule has 0 saturated carbocycles. The summed E-state index contributed by atoms with van der Waals surface area (Å²) < 4.78 is 11.1. The van der Waals surface area contributed by atoms with E-state index in [1.165, 1.54) is 0 Å². The molecule has 7 nitrogen and oxygen atoms in total. The molecule has 0 saturated heterocycles. The number of benzene rings is 1. The van der Waals surface area contributed by atoms with Crippen LogP contribution in [0.4, 0.5) is 4.79 Å². The molecule has 1 atom stereocenters. The van der Waals surface area contributed by atoms with Gasteiger partial charge in [0.15, 0.2) is 11.5 Å². The molecule has 24 heavy (non-hydrogen) atoms. The molecule has 0 spiro atoms. The quantitative estimate of drug-likeness (QED) is 0.727. The number of urea groups is 1. The number of hydrogen-bond donors (Lipinski definition) is 3. The van der Waals surface area contributed by atoms with E-state index >= 15 is 0 Å². The van der Waals surface area contributed by atoms with Gasteiger partial charge < -0.3 is 20.1 Å². The minimum atomic E-state index is -0.251. The highest BCUT2D eigenvalue weighted by Crippen LogP contribution is 2.31. The molecule has 130 valence electrons. The number of aromatic nitrogens is 2. The lowest BCUT2D eigenvalue weighted by Crippen LogP contribution is -2.36. The number of nitrogens with zero attached hydrogens (tertiary/aromatic N) is 1. The highest BCUT2D eigenvalue weighted by atomic mass is 16.5. The normalized spacial score (nSPS) is 11.9. The monoisotopic (exact) mass is 332 g/mol. The summed E-state index contributed by atoms with van der Waals surface area (Å²) in [5.74, 6) is 1.33. The van der Waals surface area contributed by atoms with Crippen LogP contribution in [0.15, 0.2) is 30.5 Å². The van der Waals surface area contributed by atoms with E-state index in [4.69, 9.17) is 9.47 Å². The molecule has 2 amide bonds. The van der Waals surface area contributed by atoms with E-state index in [1.54, 1.807) is 13.3 Å². The van der Waals surface area contributed by atoms with E-state index in [0.29, 0.717) is 18.0 Å². The standard InChI is InChI=1S/C17H24N4O3/c1-11(2)24-15-6-5-13(9-16(15)23-4)12(3)20-17(22)18-10-14-7-8-19-21-14/h5-9,11-12H,10H2,1-4H3,(H,19,21)(H2,18,20,22). The third-order valence-electron chi connectivity index (χ3n) is 3.40. The Labute approximate surface area is 141 Å². The summed E-state index contributed by atoms with van der Waals surface area (Å²) in [6.07, 6.45) is 1.71. The van der Waals surface area contributed by atoms with Crippen LogP contribution < -0.4 is 20.1 Å². The van der Waals surface area contributed by atoms with Gasteiger partial charge >= 0.3 is 6.03 Å². The minimum Gasteiger partial charge on any atom is -0.493 e. The molecule has 0 aliphatic rings.